The summed E-state index contributed by atoms with van der Waals surface area (Å²) >= 11 is 0. The van der Waals surface area contributed by atoms with Crippen LogP contribution in [0.15, 0.2) is 67.3 Å². The zero-order chi connectivity index (χ0) is 21.4. The van der Waals surface area contributed by atoms with Crippen molar-refractivity contribution in [1.29, 1.82) is 0 Å². The van der Waals surface area contributed by atoms with E-state index in [0.717, 1.165) is 47.5 Å². The first-order valence-electron chi connectivity index (χ1n) is 10.5. The second-order valence-corrected chi connectivity index (χ2v) is 7.90. The molecule has 1 unspecified atom stereocenters. The second kappa shape index (κ2) is 7.83. The largest absolute Gasteiger partial charge is 0.334 e. The monoisotopic (exact) mass is 412 g/mol. The van der Waals surface area contributed by atoms with Crippen molar-refractivity contribution in [2.24, 2.45) is 0 Å². The SMILES string of the molecule is CC(c1ccc(-n2cncn2)cc1)N(C)C(=O)c1nn(-c2ccccc2)c2c1CCC2. The van der Waals surface area contributed by atoms with Crippen molar-refractivity contribution in [2.45, 2.75) is 32.2 Å². The molecule has 5 rings (SSSR count). The number of para-hydroxylation sites is 1. The van der Waals surface area contributed by atoms with Crippen molar-refractivity contribution in [3.05, 3.63) is 89.8 Å². The minimum atomic E-state index is -0.0868. The number of rotatable bonds is 5. The van der Waals surface area contributed by atoms with Gasteiger partial charge < -0.3 is 4.90 Å². The van der Waals surface area contributed by atoms with Gasteiger partial charge in [-0.25, -0.2) is 14.3 Å². The summed E-state index contributed by atoms with van der Waals surface area (Å²) in [5, 5.41) is 8.91. The quantitative estimate of drug-likeness (QED) is 0.500. The van der Waals surface area contributed by atoms with Crippen LogP contribution in [0.2, 0.25) is 0 Å². The Hall–Kier alpha value is -3.74. The van der Waals surface area contributed by atoms with Gasteiger partial charge in [0.05, 0.1) is 17.4 Å². The van der Waals surface area contributed by atoms with E-state index in [2.05, 4.69) is 10.1 Å². The van der Waals surface area contributed by atoms with Gasteiger partial charge in [0.2, 0.25) is 0 Å². The molecule has 2 aromatic carbocycles. The average Bonchev–Trinajstić information content (AvgIpc) is 3.57. The van der Waals surface area contributed by atoms with Gasteiger partial charge in [-0.15, -0.1) is 0 Å². The van der Waals surface area contributed by atoms with Crippen LogP contribution in [0.4, 0.5) is 0 Å². The first-order valence-corrected chi connectivity index (χ1v) is 10.5. The summed E-state index contributed by atoms with van der Waals surface area (Å²) < 4.78 is 3.66. The maximum Gasteiger partial charge on any atom is 0.274 e. The highest BCUT2D eigenvalue weighted by Gasteiger charge is 2.30. The van der Waals surface area contributed by atoms with E-state index in [0.29, 0.717) is 5.69 Å². The van der Waals surface area contributed by atoms with Crippen LogP contribution in [-0.4, -0.2) is 42.4 Å². The lowest BCUT2D eigenvalue weighted by molar-refractivity contribution is 0.0735. The van der Waals surface area contributed by atoms with Crippen LogP contribution in [0.25, 0.3) is 11.4 Å². The number of fused-ring (bicyclic) bond motifs is 1. The number of hydrogen-bond acceptors (Lipinski definition) is 4. The first-order chi connectivity index (χ1) is 15.1. The van der Waals surface area contributed by atoms with Crippen molar-refractivity contribution < 1.29 is 4.79 Å². The summed E-state index contributed by atoms with van der Waals surface area (Å²) in [5.74, 6) is -0.0410. The van der Waals surface area contributed by atoms with E-state index in [1.807, 2.05) is 73.3 Å². The number of hydrogen-bond donors (Lipinski definition) is 0. The molecule has 2 aromatic heterocycles. The summed E-state index contributed by atoms with van der Waals surface area (Å²) in [7, 11) is 1.85. The predicted molar refractivity (Wildman–Crippen MR) is 117 cm³/mol. The lowest BCUT2D eigenvalue weighted by Crippen LogP contribution is -2.30. The fraction of sp³-hybridized carbons (Fsp3) is 0.250. The van der Waals surface area contributed by atoms with E-state index in [1.54, 1.807) is 15.9 Å². The fourth-order valence-corrected chi connectivity index (χ4v) is 4.21. The smallest absolute Gasteiger partial charge is 0.274 e. The van der Waals surface area contributed by atoms with E-state index < -0.39 is 0 Å². The van der Waals surface area contributed by atoms with E-state index in [4.69, 9.17) is 5.10 Å². The molecule has 0 radical (unpaired) electrons. The lowest BCUT2D eigenvalue weighted by atomic mass is 10.1. The third-order valence-corrected chi connectivity index (χ3v) is 6.09. The second-order valence-electron chi connectivity index (χ2n) is 7.90. The number of carbonyl (C=O) groups excluding carboxylic acids is 1. The molecule has 1 amide bonds. The highest BCUT2D eigenvalue weighted by Crippen LogP contribution is 2.30. The highest BCUT2D eigenvalue weighted by molar-refractivity contribution is 5.94. The fourth-order valence-electron chi connectivity index (χ4n) is 4.21. The molecule has 0 saturated heterocycles. The maximum atomic E-state index is 13.4. The molecule has 1 aliphatic rings. The first kappa shape index (κ1) is 19.2. The van der Waals surface area contributed by atoms with Gasteiger partial charge in [0.25, 0.3) is 5.91 Å². The Morgan fingerprint density at radius 1 is 1.03 bits per heavy atom. The standard InChI is InChI=1S/C24H24N6O/c1-17(18-11-13-19(14-12-18)29-16-25-15-26-29)28(2)24(31)23-21-9-6-10-22(21)30(27-23)20-7-4-3-5-8-20/h3-5,7-8,11-17H,6,9-10H2,1-2H3. The van der Waals surface area contributed by atoms with Crippen molar-refractivity contribution in [3.8, 4) is 11.4 Å². The molecule has 0 aliphatic heterocycles. The molecule has 0 bridgehead atoms. The van der Waals surface area contributed by atoms with E-state index in [9.17, 15) is 4.79 Å². The van der Waals surface area contributed by atoms with Crippen LogP contribution in [0.5, 0.6) is 0 Å². The summed E-state index contributed by atoms with van der Waals surface area (Å²) in [6.45, 7) is 2.04. The van der Waals surface area contributed by atoms with Crippen molar-refractivity contribution in [3.63, 3.8) is 0 Å². The molecule has 2 heterocycles. The molecule has 0 fully saturated rings. The van der Waals surface area contributed by atoms with Crippen molar-refractivity contribution in [1.82, 2.24) is 29.4 Å². The molecule has 31 heavy (non-hydrogen) atoms. The van der Waals surface area contributed by atoms with Gasteiger partial charge in [-0.2, -0.15) is 10.2 Å². The normalized spacial score (nSPS) is 13.7. The average molecular weight is 412 g/mol. The molecule has 0 N–H and O–H groups in total. The zero-order valence-electron chi connectivity index (χ0n) is 17.6. The minimum absolute atomic E-state index is 0.0410. The Bertz CT molecular complexity index is 1200. The number of carbonyl (C=O) groups is 1. The Labute approximate surface area is 181 Å². The minimum Gasteiger partial charge on any atom is -0.334 e. The summed E-state index contributed by atoms with van der Waals surface area (Å²) in [4.78, 5) is 19.2. The molecule has 4 aromatic rings. The molecule has 7 nitrogen and oxygen atoms in total. The Morgan fingerprint density at radius 2 is 1.81 bits per heavy atom. The third kappa shape index (κ3) is 3.42. The van der Waals surface area contributed by atoms with Gasteiger partial charge in [-0.3, -0.25) is 4.79 Å². The lowest BCUT2D eigenvalue weighted by Gasteiger charge is -2.25. The molecule has 0 spiro atoms. The molecule has 0 saturated carbocycles. The molecule has 1 aliphatic carbocycles. The summed E-state index contributed by atoms with van der Waals surface area (Å²) in [6, 6.07) is 18.0. The van der Waals surface area contributed by atoms with Crippen LogP contribution in [0.1, 0.15) is 46.7 Å². The Morgan fingerprint density at radius 3 is 2.52 bits per heavy atom. The van der Waals surface area contributed by atoms with Gasteiger partial charge in [0.15, 0.2) is 5.69 Å². The number of amides is 1. The maximum absolute atomic E-state index is 13.4. The van der Waals surface area contributed by atoms with Gasteiger partial charge in [0.1, 0.15) is 12.7 Å². The summed E-state index contributed by atoms with van der Waals surface area (Å²) in [5.41, 5.74) is 5.81. The van der Waals surface area contributed by atoms with Crippen molar-refractivity contribution >= 4 is 5.91 Å². The third-order valence-electron chi connectivity index (χ3n) is 6.09. The number of benzene rings is 2. The molecule has 7 heteroatoms. The van der Waals surface area contributed by atoms with Crippen LogP contribution in [0, 0.1) is 0 Å². The zero-order valence-corrected chi connectivity index (χ0v) is 17.6. The van der Waals surface area contributed by atoms with Gasteiger partial charge in [0, 0.05) is 18.3 Å². The molecule has 1 atom stereocenters. The van der Waals surface area contributed by atoms with Gasteiger partial charge >= 0.3 is 0 Å². The van der Waals surface area contributed by atoms with Crippen LogP contribution in [-0.2, 0) is 12.8 Å². The Balaban J connectivity index is 1.41. The van der Waals surface area contributed by atoms with Crippen LogP contribution in [0.3, 0.4) is 0 Å². The predicted octanol–water partition coefficient (Wildman–Crippen LogP) is 3.77. The number of aromatic nitrogens is 5. The number of nitrogens with zero attached hydrogens (tertiary/aromatic N) is 6. The van der Waals surface area contributed by atoms with E-state index >= 15 is 0 Å². The molecule has 156 valence electrons. The molecular weight excluding hydrogens is 388 g/mol. The molecular formula is C24H24N6O. The van der Waals surface area contributed by atoms with Crippen LogP contribution >= 0.6 is 0 Å². The highest BCUT2D eigenvalue weighted by atomic mass is 16.2. The summed E-state index contributed by atoms with van der Waals surface area (Å²) in [6.07, 6.45) is 6.09. The van der Waals surface area contributed by atoms with Gasteiger partial charge in [-0.05, 0) is 56.0 Å². The van der Waals surface area contributed by atoms with E-state index in [1.165, 1.54) is 6.33 Å². The van der Waals surface area contributed by atoms with E-state index in [-0.39, 0.29) is 11.9 Å². The topological polar surface area (TPSA) is 68.8 Å². The Kier molecular flexibility index (Phi) is 4.86. The van der Waals surface area contributed by atoms with Gasteiger partial charge in [-0.1, -0.05) is 30.3 Å². The van der Waals surface area contributed by atoms with Crippen molar-refractivity contribution in [2.75, 3.05) is 7.05 Å². The van der Waals surface area contributed by atoms with Crippen LogP contribution < -0.4 is 0 Å².